The van der Waals surface area contributed by atoms with Crippen LogP contribution in [0.2, 0.25) is 0 Å². The molecular weight excluding hydrogens is 498 g/mol. The number of methoxy groups -OCH3 is 1. The normalized spacial score (nSPS) is 12.9. The van der Waals surface area contributed by atoms with Gasteiger partial charge in [-0.15, -0.1) is 0 Å². The molecule has 1 aliphatic rings. The molecule has 3 heterocycles. The minimum Gasteiger partial charge on any atom is -0.494 e. The van der Waals surface area contributed by atoms with Gasteiger partial charge in [-0.2, -0.15) is 4.98 Å². The van der Waals surface area contributed by atoms with Crippen LogP contribution < -0.4 is 26.2 Å². The number of benzene rings is 2. The maximum atomic E-state index is 12.9. The molecule has 0 spiro atoms. The zero-order valence-corrected chi connectivity index (χ0v) is 21.5. The van der Waals surface area contributed by atoms with E-state index in [1.807, 2.05) is 18.2 Å². The van der Waals surface area contributed by atoms with Crippen LogP contribution in [0.4, 0.5) is 23.0 Å². The first-order valence-electron chi connectivity index (χ1n) is 12.2. The van der Waals surface area contributed by atoms with Gasteiger partial charge in [-0.25, -0.2) is 4.98 Å². The maximum Gasteiger partial charge on any atom is 0.256 e. The van der Waals surface area contributed by atoms with Gasteiger partial charge in [-0.05, 0) is 42.5 Å². The van der Waals surface area contributed by atoms with Gasteiger partial charge in [0.2, 0.25) is 17.8 Å². The van der Waals surface area contributed by atoms with Gasteiger partial charge in [0.25, 0.3) is 5.56 Å². The summed E-state index contributed by atoms with van der Waals surface area (Å²) < 4.78 is 7.04. The Morgan fingerprint density at radius 3 is 2.67 bits per heavy atom. The number of fused-ring (bicyclic) bond motifs is 1. The molecule has 0 radical (unpaired) electrons. The molecule has 5 rings (SSSR count). The van der Waals surface area contributed by atoms with Crippen LogP contribution in [0.15, 0.2) is 78.2 Å². The molecule has 2 aromatic carbocycles. The number of anilines is 4. The van der Waals surface area contributed by atoms with Crippen molar-refractivity contribution in [1.29, 1.82) is 0 Å². The molecule has 1 aliphatic heterocycles. The van der Waals surface area contributed by atoms with E-state index in [9.17, 15) is 14.4 Å². The van der Waals surface area contributed by atoms with Crippen LogP contribution >= 0.6 is 0 Å². The molecule has 2 amide bonds. The average Bonchev–Trinajstić information content (AvgIpc) is 2.90. The highest BCUT2D eigenvalue weighted by Gasteiger charge is 2.28. The molecule has 0 atom stereocenters. The number of pyridine rings is 1. The smallest absolute Gasteiger partial charge is 0.256 e. The fraction of sp³-hybridized carbons (Fsp3) is 0.179. The molecule has 2 aromatic heterocycles. The quantitative estimate of drug-likeness (QED) is 0.299. The molecule has 1 fully saturated rings. The highest BCUT2D eigenvalue weighted by atomic mass is 16.5. The Balaban J connectivity index is 1.43. The van der Waals surface area contributed by atoms with Gasteiger partial charge < -0.3 is 25.6 Å². The van der Waals surface area contributed by atoms with Gasteiger partial charge >= 0.3 is 0 Å². The second kappa shape index (κ2) is 10.7. The van der Waals surface area contributed by atoms with Gasteiger partial charge in [0.1, 0.15) is 5.75 Å². The molecule has 39 heavy (non-hydrogen) atoms. The third-order valence-electron chi connectivity index (χ3n) is 6.34. The number of hydrogen-bond donors (Lipinski definition) is 3. The lowest BCUT2D eigenvalue weighted by Crippen LogP contribution is -2.56. The van der Waals surface area contributed by atoms with Gasteiger partial charge in [-0.1, -0.05) is 12.6 Å². The van der Waals surface area contributed by atoms with Crippen molar-refractivity contribution < 1.29 is 14.3 Å². The summed E-state index contributed by atoms with van der Waals surface area (Å²) in [4.78, 5) is 46.9. The molecule has 0 bridgehead atoms. The molecule has 3 N–H and O–H groups in total. The number of rotatable bonds is 8. The van der Waals surface area contributed by atoms with E-state index >= 15 is 0 Å². The Morgan fingerprint density at radius 2 is 1.92 bits per heavy atom. The summed E-state index contributed by atoms with van der Waals surface area (Å²) in [6, 6.07) is 15.8. The van der Waals surface area contributed by atoms with Crippen molar-refractivity contribution in [2.24, 2.45) is 0 Å². The Kier molecular flexibility index (Phi) is 6.96. The monoisotopic (exact) mass is 525 g/mol. The van der Waals surface area contributed by atoms with Crippen molar-refractivity contribution in [2.45, 2.75) is 13.0 Å². The highest BCUT2D eigenvalue weighted by Crippen LogP contribution is 2.31. The number of aromatic nitrogens is 3. The van der Waals surface area contributed by atoms with Crippen molar-refractivity contribution >= 4 is 45.9 Å². The molecule has 1 saturated heterocycles. The first kappa shape index (κ1) is 25.5. The van der Waals surface area contributed by atoms with Crippen molar-refractivity contribution in [3.05, 3.63) is 83.8 Å². The second-order valence-electron chi connectivity index (χ2n) is 9.03. The number of likely N-dealkylation sites (tertiary alicyclic amines) is 1. The summed E-state index contributed by atoms with van der Waals surface area (Å²) in [5.41, 5.74) is 2.66. The SMILES string of the molecule is C=CC(=O)Nc1cccc(-n2c(=O)ccc3cnc(Nc4ccc(NC5CN(C(C)=O)C5)cc4OC)nc32)c1. The fourth-order valence-electron chi connectivity index (χ4n) is 4.31. The first-order valence-corrected chi connectivity index (χ1v) is 12.2. The predicted molar refractivity (Wildman–Crippen MR) is 150 cm³/mol. The Bertz CT molecular complexity index is 1640. The summed E-state index contributed by atoms with van der Waals surface area (Å²) in [6.07, 6.45) is 2.80. The van der Waals surface area contributed by atoms with E-state index in [1.165, 1.54) is 16.7 Å². The number of amides is 2. The number of carbonyl (C=O) groups is 2. The molecule has 0 aliphatic carbocycles. The first-order chi connectivity index (χ1) is 18.8. The molecule has 0 unspecified atom stereocenters. The lowest BCUT2D eigenvalue weighted by atomic mass is 10.1. The van der Waals surface area contributed by atoms with Gasteiger partial charge in [0.15, 0.2) is 5.65 Å². The Morgan fingerprint density at radius 1 is 1.10 bits per heavy atom. The summed E-state index contributed by atoms with van der Waals surface area (Å²) in [6.45, 7) is 6.35. The van der Waals surface area contributed by atoms with Crippen LogP contribution in [-0.2, 0) is 9.59 Å². The average molecular weight is 526 g/mol. The largest absolute Gasteiger partial charge is 0.494 e. The Hall–Kier alpha value is -5.19. The summed E-state index contributed by atoms with van der Waals surface area (Å²) in [5, 5.41) is 9.94. The zero-order chi connectivity index (χ0) is 27.5. The number of nitrogens with one attached hydrogen (secondary N) is 3. The van der Waals surface area contributed by atoms with Crippen LogP contribution in [0.1, 0.15) is 6.92 Å². The van der Waals surface area contributed by atoms with Crippen LogP contribution in [0.3, 0.4) is 0 Å². The van der Waals surface area contributed by atoms with Crippen molar-refractivity contribution in [3.8, 4) is 11.4 Å². The second-order valence-corrected chi connectivity index (χ2v) is 9.03. The molecule has 4 aromatic rings. The van der Waals surface area contributed by atoms with Crippen molar-refractivity contribution in [3.63, 3.8) is 0 Å². The van der Waals surface area contributed by atoms with Crippen LogP contribution in [-0.4, -0.2) is 57.5 Å². The Labute approximate surface area is 224 Å². The highest BCUT2D eigenvalue weighted by molar-refractivity contribution is 5.99. The summed E-state index contributed by atoms with van der Waals surface area (Å²) >= 11 is 0. The third kappa shape index (κ3) is 5.42. The minimum absolute atomic E-state index is 0.0677. The number of carbonyl (C=O) groups excluding carboxylic acids is 2. The minimum atomic E-state index is -0.355. The number of hydrogen-bond acceptors (Lipinski definition) is 8. The van der Waals surface area contributed by atoms with Crippen molar-refractivity contribution in [2.75, 3.05) is 36.1 Å². The van der Waals surface area contributed by atoms with Crippen LogP contribution in [0, 0.1) is 0 Å². The van der Waals surface area contributed by atoms with E-state index in [-0.39, 0.29) is 29.4 Å². The summed E-state index contributed by atoms with van der Waals surface area (Å²) in [5.74, 6) is 0.556. The maximum absolute atomic E-state index is 12.9. The molecule has 11 heteroatoms. The van der Waals surface area contributed by atoms with Gasteiger partial charge in [0, 0.05) is 55.1 Å². The summed E-state index contributed by atoms with van der Waals surface area (Å²) in [7, 11) is 1.57. The molecular formula is C28H27N7O4. The fourth-order valence-corrected chi connectivity index (χ4v) is 4.31. The van der Waals surface area contributed by atoms with Crippen LogP contribution in [0.25, 0.3) is 16.7 Å². The third-order valence-corrected chi connectivity index (χ3v) is 6.34. The van der Waals surface area contributed by atoms with E-state index in [2.05, 4.69) is 32.5 Å². The van der Waals surface area contributed by atoms with E-state index in [0.29, 0.717) is 46.9 Å². The van der Waals surface area contributed by atoms with E-state index in [4.69, 9.17) is 4.74 Å². The standard InChI is InChI=1S/C28H27N7O4/c1-4-25(37)31-19-6-5-7-22(12-19)35-26(38)11-8-18-14-29-28(33-27(18)35)32-23-10-9-20(13-24(23)39-3)30-21-15-34(16-21)17(2)36/h4-14,21,30H,1,15-16H2,2-3H3,(H,31,37)(H,29,32,33). The van der Waals surface area contributed by atoms with E-state index in [1.54, 1.807) is 55.5 Å². The lowest BCUT2D eigenvalue weighted by molar-refractivity contribution is -0.132. The number of nitrogens with zero attached hydrogens (tertiary/aromatic N) is 4. The van der Waals surface area contributed by atoms with Crippen molar-refractivity contribution in [1.82, 2.24) is 19.4 Å². The molecule has 198 valence electrons. The van der Waals surface area contributed by atoms with E-state index in [0.717, 1.165) is 5.69 Å². The van der Waals surface area contributed by atoms with Gasteiger partial charge in [-0.3, -0.25) is 19.0 Å². The molecule has 11 nitrogen and oxygen atoms in total. The zero-order valence-electron chi connectivity index (χ0n) is 21.5. The topological polar surface area (TPSA) is 130 Å². The van der Waals surface area contributed by atoms with Crippen LogP contribution in [0.5, 0.6) is 5.75 Å². The number of ether oxygens (including phenoxy) is 1. The van der Waals surface area contributed by atoms with E-state index < -0.39 is 0 Å². The predicted octanol–water partition coefficient (Wildman–Crippen LogP) is 3.30. The molecule has 0 saturated carbocycles. The lowest BCUT2D eigenvalue weighted by Gasteiger charge is -2.39. The van der Waals surface area contributed by atoms with Gasteiger partial charge in [0.05, 0.1) is 24.5 Å².